The van der Waals surface area contributed by atoms with E-state index in [-0.39, 0.29) is 0 Å². The van der Waals surface area contributed by atoms with E-state index in [2.05, 4.69) is 97.1 Å². The highest BCUT2D eigenvalue weighted by Crippen LogP contribution is 2.40. The minimum absolute atomic E-state index is 0.497. The molecule has 12 rings (SSSR count). The number of aromatic nitrogens is 5. The van der Waals surface area contributed by atoms with Crippen LogP contribution in [0.5, 0.6) is 0 Å². The summed E-state index contributed by atoms with van der Waals surface area (Å²) in [5.74, 6) is 2.06. The molecule has 0 saturated carbocycles. The van der Waals surface area contributed by atoms with Crippen LogP contribution in [0.2, 0.25) is 0 Å². The first-order valence-electron chi connectivity index (χ1n) is 20.0. The van der Waals surface area contributed by atoms with E-state index in [1.807, 2.05) is 91.0 Å². The molecule has 0 amide bonds. The van der Waals surface area contributed by atoms with Crippen molar-refractivity contribution in [2.75, 3.05) is 0 Å². The van der Waals surface area contributed by atoms with Crippen LogP contribution >= 0.6 is 11.3 Å². The molecule has 4 aromatic heterocycles. The van der Waals surface area contributed by atoms with Crippen LogP contribution in [0.3, 0.4) is 0 Å². The predicted molar refractivity (Wildman–Crippen MR) is 246 cm³/mol. The smallest absolute Gasteiger partial charge is 0.227 e. The van der Waals surface area contributed by atoms with E-state index in [1.54, 1.807) is 11.3 Å². The summed E-state index contributed by atoms with van der Waals surface area (Å²) in [5.41, 5.74) is 12.4. The molecule has 0 atom stereocenters. The predicted octanol–water partition coefficient (Wildman–Crippen LogP) is 14.2. The van der Waals surface area contributed by atoms with Crippen molar-refractivity contribution < 1.29 is 8.83 Å². The minimum Gasteiger partial charge on any atom is -0.456 e. The molecular weight excluding hydrogens is 771 g/mol. The summed E-state index contributed by atoms with van der Waals surface area (Å²) in [4.78, 5) is 26.0. The van der Waals surface area contributed by atoms with Crippen molar-refractivity contribution >= 4 is 54.6 Å². The lowest BCUT2D eigenvalue weighted by atomic mass is 9.95. The highest BCUT2D eigenvalue weighted by atomic mass is 32.1. The molecule has 0 bridgehead atoms. The molecule has 286 valence electrons. The van der Waals surface area contributed by atoms with E-state index < -0.39 is 0 Å². The zero-order valence-corrected chi connectivity index (χ0v) is 33.2. The number of rotatable bonds is 7. The Morgan fingerprint density at radius 3 is 1.62 bits per heavy atom. The van der Waals surface area contributed by atoms with Gasteiger partial charge in [-0.05, 0) is 95.1 Å². The fraction of sp³-hybridized carbons (Fsp3) is 0. The van der Waals surface area contributed by atoms with Crippen molar-refractivity contribution in [3.05, 3.63) is 188 Å². The van der Waals surface area contributed by atoms with Gasteiger partial charge in [-0.3, -0.25) is 0 Å². The number of benzene rings is 8. The van der Waals surface area contributed by atoms with Crippen molar-refractivity contribution in [1.29, 1.82) is 0 Å². The summed E-state index contributed by atoms with van der Waals surface area (Å²) in [7, 11) is 0. The summed E-state index contributed by atoms with van der Waals surface area (Å²) in [6.07, 6.45) is 0. The Balaban J connectivity index is 1.13. The third-order valence-corrected chi connectivity index (χ3v) is 12.0. The minimum atomic E-state index is 0.497. The van der Waals surface area contributed by atoms with Gasteiger partial charge in [0.1, 0.15) is 21.7 Å². The monoisotopic (exact) mass is 801 g/mol. The number of hydrogen-bond acceptors (Lipinski definition) is 8. The molecule has 0 aliphatic carbocycles. The summed E-state index contributed by atoms with van der Waals surface area (Å²) < 4.78 is 13.8. The third-order valence-electron chi connectivity index (χ3n) is 11.0. The van der Waals surface area contributed by atoms with Crippen molar-refractivity contribution in [2.24, 2.45) is 0 Å². The lowest BCUT2D eigenvalue weighted by Crippen LogP contribution is -2.01. The number of fused-ring (bicyclic) bond motifs is 5. The van der Waals surface area contributed by atoms with Crippen LogP contribution in [0.4, 0.5) is 0 Å². The van der Waals surface area contributed by atoms with Gasteiger partial charge in [0.25, 0.3) is 0 Å². The Bertz CT molecular complexity index is 3400. The second-order valence-corrected chi connectivity index (χ2v) is 15.9. The Kier molecular flexibility index (Phi) is 8.21. The van der Waals surface area contributed by atoms with Gasteiger partial charge in [0, 0.05) is 38.6 Å². The quantitative estimate of drug-likeness (QED) is 0.158. The molecule has 0 spiro atoms. The highest BCUT2D eigenvalue weighted by Gasteiger charge is 2.21. The molecule has 0 radical (unpaired) electrons. The maximum absolute atomic E-state index is 6.38. The summed E-state index contributed by atoms with van der Waals surface area (Å²) in [6, 6.07) is 63.8. The van der Waals surface area contributed by atoms with Crippen molar-refractivity contribution in [3.63, 3.8) is 0 Å². The molecule has 61 heavy (non-hydrogen) atoms. The topological polar surface area (TPSA) is 90.7 Å². The zero-order valence-electron chi connectivity index (χ0n) is 32.4. The number of thiazole rings is 1. The van der Waals surface area contributed by atoms with Gasteiger partial charge in [-0.2, -0.15) is 0 Å². The fourth-order valence-corrected chi connectivity index (χ4v) is 9.01. The van der Waals surface area contributed by atoms with Crippen LogP contribution in [0.15, 0.2) is 197 Å². The Hall–Kier alpha value is -8.07. The highest BCUT2D eigenvalue weighted by molar-refractivity contribution is 7.21. The molecule has 0 aliphatic heterocycles. The average Bonchev–Trinajstić information content (AvgIpc) is 4.07. The van der Waals surface area contributed by atoms with Crippen LogP contribution in [0.1, 0.15) is 0 Å². The molecular formula is C53H31N5O2S. The van der Waals surface area contributed by atoms with E-state index in [4.69, 9.17) is 33.8 Å². The normalized spacial score (nSPS) is 11.6. The van der Waals surface area contributed by atoms with E-state index in [1.165, 1.54) is 0 Å². The van der Waals surface area contributed by atoms with Crippen LogP contribution < -0.4 is 0 Å². The number of oxazole rings is 1. The van der Waals surface area contributed by atoms with Crippen molar-refractivity contribution in [2.45, 2.75) is 0 Å². The van der Waals surface area contributed by atoms with Crippen molar-refractivity contribution in [1.82, 2.24) is 24.9 Å². The maximum atomic E-state index is 6.38. The van der Waals surface area contributed by atoms with Crippen LogP contribution in [-0.2, 0) is 0 Å². The van der Waals surface area contributed by atoms with Crippen LogP contribution in [0.25, 0.3) is 122 Å². The zero-order chi connectivity index (χ0) is 40.3. The molecule has 8 heteroatoms. The molecule has 4 heterocycles. The standard InChI is InChI=1S/C53H31N5O2S/c1-3-14-32(15-4-1)34-26-35(33-16-5-2-6-17-33)28-36(27-34)49-56-50(58-51(57-49)41-19-13-24-46-48(41)40-18-7-10-22-44(40)59-46)37-29-38(52-54-42-20-8-11-23-45(42)60-52)31-39(30-37)53-55-43-21-9-12-25-47(43)61-53/h1-31H. The molecule has 0 saturated heterocycles. The first kappa shape index (κ1) is 34.9. The first-order valence-corrected chi connectivity index (χ1v) is 20.8. The largest absolute Gasteiger partial charge is 0.456 e. The lowest BCUT2D eigenvalue weighted by Gasteiger charge is -2.13. The number of nitrogens with zero attached hydrogens (tertiary/aromatic N) is 5. The van der Waals surface area contributed by atoms with E-state index >= 15 is 0 Å². The van der Waals surface area contributed by atoms with E-state index in [0.29, 0.717) is 28.9 Å². The molecule has 0 N–H and O–H groups in total. The van der Waals surface area contributed by atoms with Gasteiger partial charge in [-0.15, -0.1) is 11.3 Å². The molecule has 0 unspecified atom stereocenters. The Morgan fingerprint density at radius 2 is 0.902 bits per heavy atom. The fourth-order valence-electron chi connectivity index (χ4n) is 8.06. The van der Waals surface area contributed by atoms with Gasteiger partial charge in [-0.25, -0.2) is 24.9 Å². The molecule has 0 fully saturated rings. The van der Waals surface area contributed by atoms with Gasteiger partial charge >= 0.3 is 0 Å². The van der Waals surface area contributed by atoms with Crippen LogP contribution in [0, 0.1) is 0 Å². The molecule has 7 nitrogen and oxygen atoms in total. The van der Waals surface area contributed by atoms with Gasteiger partial charge in [0.2, 0.25) is 5.89 Å². The van der Waals surface area contributed by atoms with Gasteiger partial charge in [0.15, 0.2) is 23.1 Å². The second-order valence-electron chi connectivity index (χ2n) is 14.9. The van der Waals surface area contributed by atoms with E-state index in [9.17, 15) is 0 Å². The van der Waals surface area contributed by atoms with Crippen LogP contribution in [-0.4, -0.2) is 24.9 Å². The molecule has 8 aromatic carbocycles. The molecule has 12 aromatic rings. The van der Waals surface area contributed by atoms with Gasteiger partial charge in [-0.1, -0.05) is 115 Å². The maximum Gasteiger partial charge on any atom is 0.227 e. The van der Waals surface area contributed by atoms with Gasteiger partial charge in [0.05, 0.1) is 10.2 Å². The van der Waals surface area contributed by atoms with Gasteiger partial charge < -0.3 is 8.83 Å². The lowest BCUT2D eigenvalue weighted by molar-refractivity contribution is 0.620. The summed E-state index contributed by atoms with van der Waals surface area (Å²) in [6.45, 7) is 0. The SMILES string of the molecule is c1ccc(-c2cc(-c3ccccc3)cc(-c3nc(-c4cc(-c5nc6ccccc6o5)cc(-c5nc6ccccc6s5)c4)nc(-c4cccc5oc6ccccc6c45)n3)c2)cc1. The third kappa shape index (κ3) is 6.34. The number of hydrogen-bond donors (Lipinski definition) is 0. The average molecular weight is 802 g/mol. The second kappa shape index (κ2) is 14.3. The summed E-state index contributed by atoms with van der Waals surface area (Å²) in [5, 5.41) is 2.80. The Morgan fingerprint density at radius 1 is 0.344 bits per heavy atom. The number of para-hydroxylation sites is 4. The van der Waals surface area contributed by atoms with Crippen molar-refractivity contribution in [3.8, 4) is 78.4 Å². The molecule has 0 aliphatic rings. The van der Waals surface area contributed by atoms with E-state index in [0.717, 1.165) is 92.8 Å². The first-order chi connectivity index (χ1) is 30.2. The summed E-state index contributed by atoms with van der Waals surface area (Å²) >= 11 is 1.64. The number of furan rings is 1. The Labute approximate surface area is 353 Å².